The van der Waals surface area contributed by atoms with Gasteiger partial charge in [0, 0.05) is 38.8 Å². The highest BCUT2D eigenvalue weighted by Crippen LogP contribution is 2.31. The number of aliphatic hydroxyl groups is 2. The molecule has 0 bridgehead atoms. The first-order valence-electron chi connectivity index (χ1n) is 12.2. The van der Waals surface area contributed by atoms with E-state index in [2.05, 4.69) is 10.6 Å². The number of aliphatic hydroxyl groups excluding tert-OH is 2. The van der Waals surface area contributed by atoms with Crippen LogP contribution in [0.25, 0.3) is 0 Å². The molecule has 0 aromatic heterocycles. The fourth-order valence-electron chi connectivity index (χ4n) is 3.99. The number of unbranched alkanes of at least 4 members (excludes halogenated alkanes) is 3. The first-order valence-corrected chi connectivity index (χ1v) is 12.2. The minimum Gasteiger partial charge on any atom is -0.394 e. The second-order valence-corrected chi connectivity index (χ2v) is 8.98. The van der Waals surface area contributed by atoms with Crippen LogP contribution in [-0.2, 0) is 28.5 Å². The Morgan fingerprint density at radius 3 is 1.91 bits per heavy atom. The van der Waals surface area contributed by atoms with Crippen LogP contribution < -0.4 is 10.6 Å². The van der Waals surface area contributed by atoms with Crippen molar-refractivity contribution in [3.63, 3.8) is 0 Å². The summed E-state index contributed by atoms with van der Waals surface area (Å²) in [6.07, 6.45) is 5.31. The summed E-state index contributed by atoms with van der Waals surface area (Å²) >= 11 is 0. The second-order valence-electron chi connectivity index (χ2n) is 8.98. The van der Waals surface area contributed by atoms with E-state index in [0.717, 1.165) is 25.7 Å². The lowest BCUT2D eigenvalue weighted by Crippen LogP contribution is -2.34. The monoisotopic (exact) mass is 474 g/mol. The summed E-state index contributed by atoms with van der Waals surface area (Å²) in [6, 6.07) is 0. The molecule has 2 heterocycles. The second kappa shape index (κ2) is 14.2. The molecular weight excluding hydrogens is 432 g/mol. The van der Waals surface area contributed by atoms with Gasteiger partial charge in [-0.15, -0.1) is 0 Å². The standard InChI is InChI=1S/C23H42N2O8/c1-3-23(31-17-19(15-27)33-23)11-9-21(29)25-13-7-5-4-6-12-24-20(28)8-10-22(2)30-16-18(14-26)32-22/h18-19,26-27H,3-17H2,1-2H3,(H,24,28)(H,25,29). The van der Waals surface area contributed by atoms with Crippen LogP contribution in [0.5, 0.6) is 0 Å². The molecule has 4 atom stereocenters. The lowest BCUT2D eigenvalue weighted by molar-refractivity contribution is -0.179. The van der Waals surface area contributed by atoms with E-state index in [-0.39, 0.29) is 37.2 Å². The number of carbonyl (C=O) groups excluding carboxylic acids is 2. The number of nitrogens with one attached hydrogen (secondary N) is 2. The SMILES string of the molecule is CCC1(CCC(=O)NCCCCCCNC(=O)CCC2(C)OCC(CO)O2)OCC(CO)O1. The van der Waals surface area contributed by atoms with Crippen molar-refractivity contribution < 1.29 is 38.7 Å². The van der Waals surface area contributed by atoms with Crippen LogP contribution in [0.15, 0.2) is 0 Å². The van der Waals surface area contributed by atoms with E-state index in [1.54, 1.807) is 6.92 Å². The highest BCUT2D eigenvalue weighted by atomic mass is 16.8. The van der Waals surface area contributed by atoms with Gasteiger partial charge in [0.25, 0.3) is 0 Å². The largest absolute Gasteiger partial charge is 0.394 e. The van der Waals surface area contributed by atoms with Crippen LogP contribution in [0.4, 0.5) is 0 Å². The number of hydrogen-bond acceptors (Lipinski definition) is 8. The molecule has 2 amide bonds. The number of ether oxygens (including phenoxy) is 4. The first-order chi connectivity index (χ1) is 15.8. The van der Waals surface area contributed by atoms with E-state index in [4.69, 9.17) is 24.1 Å². The molecule has 2 fully saturated rings. The molecule has 10 nitrogen and oxygen atoms in total. The Hall–Kier alpha value is -1.30. The summed E-state index contributed by atoms with van der Waals surface area (Å²) in [6.45, 7) is 5.54. The smallest absolute Gasteiger partial charge is 0.220 e. The fraction of sp³-hybridized carbons (Fsp3) is 0.913. The topological polar surface area (TPSA) is 136 Å². The molecule has 10 heteroatoms. The molecule has 33 heavy (non-hydrogen) atoms. The molecule has 0 aliphatic carbocycles. The minimum absolute atomic E-state index is 0.0241. The lowest BCUT2D eigenvalue weighted by atomic mass is 10.1. The Labute approximate surface area is 196 Å². The van der Waals surface area contributed by atoms with E-state index in [9.17, 15) is 14.7 Å². The van der Waals surface area contributed by atoms with Crippen molar-refractivity contribution in [3.05, 3.63) is 0 Å². The average Bonchev–Trinajstić information content (AvgIpc) is 3.42. The van der Waals surface area contributed by atoms with Crippen molar-refractivity contribution in [1.29, 1.82) is 0 Å². The van der Waals surface area contributed by atoms with Crippen LogP contribution in [0.2, 0.25) is 0 Å². The van der Waals surface area contributed by atoms with E-state index < -0.39 is 11.6 Å². The fourth-order valence-corrected chi connectivity index (χ4v) is 3.99. The number of hydrogen-bond donors (Lipinski definition) is 4. The molecule has 0 spiro atoms. The van der Waals surface area contributed by atoms with E-state index in [1.165, 1.54) is 0 Å². The molecule has 0 aromatic carbocycles. The maximum Gasteiger partial charge on any atom is 0.220 e. The third-order valence-electron chi connectivity index (χ3n) is 6.14. The van der Waals surface area contributed by atoms with Gasteiger partial charge in [-0.2, -0.15) is 0 Å². The van der Waals surface area contributed by atoms with Crippen molar-refractivity contribution >= 4 is 11.8 Å². The van der Waals surface area contributed by atoms with Gasteiger partial charge >= 0.3 is 0 Å². The van der Waals surface area contributed by atoms with Gasteiger partial charge in [-0.25, -0.2) is 0 Å². The summed E-state index contributed by atoms with van der Waals surface area (Å²) in [7, 11) is 0. The Kier molecular flexibility index (Phi) is 12.0. The van der Waals surface area contributed by atoms with Crippen molar-refractivity contribution in [2.75, 3.05) is 39.5 Å². The number of rotatable bonds is 16. The van der Waals surface area contributed by atoms with Crippen molar-refractivity contribution in [2.24, 2.45) is 0 Å². The van der Waals surface area contributed by atoms with Gasteiger partial charge in [-0.05, 0) is 26.2 Å². The number of amides is 2. The number of carbonyl (C=O) groups is 2. The van der Waals surface area contributed by atoms with Gasteiger partial charge in [0.1, 0.15) is 12.2 Å². The normalized spacial score (nSPS) is 29.3. The molecule has 2 aliphatic heterocycles. The zero-order valence-electron chi connectivity index (χ0n) is 20.1. The van der Waals surface area contributed by atoms with E-state index in [0.29, 0.717) is 58.4 Å². The molecule has 2 aliphatic rings. The van der Waals surface area contributed by atoms with Crippen LogP contribution in [0, 0.1) is 0 Å². The van der Waals surface area contributed by atoms with E-state index >= 15 is 0 Å². The third kappa shape index (κ3) is 9.84. The van der Waals surface area contributed by atoms with Gasteiger partial charge < -0.3 is 39.8 Å². The van der Waals surface area contributed by atoms with E-state index in [1.807, 2.05) is 6.92 Å². The molecule has 0 aromatic rings. The molecule has 2 saturated heterocycles. The maximum atomic E-state index is 12.1. The van der Waals surface area contributed by atoms with Crippen molar-refractivity contribution in [2.45, 2.75) is 95.4 Å². The quantitative estimate of drug-likeness (QED) is 0.243. The van der Waals surface area contributed by atoms with Crippen molar-refractivity contribution in [3.8, 4) is 0 Å². The van der Waals surface area contributed by atoms with Crippen LogP contribution in [0.3, 0.4) is 0 Å². The molecule has 0 radical (unpaired) electrons. The predicted octanol–water partition coefficient (Wildman–Crippen LogP) is 0.978. The highest BCUT2D eigenvalue weighted by Gasteiger charge is 2.40. The molecule has 192 valence electrons. The predicted molar refractivity (Wildman–Crippen MR) is 120 cm³/mol. The molecule has 0 saturated carbocycles. The molecule has 4 unspecified atom stereocenters. The Balaban J connectivity index is 1.43. The molecular formula is C23H42N2O8. The van der Waals surface area contributed by atoms with Crippen LogP contribution in [0.1, 0.15) is 71.6 Å². The van der Waals surface area contributed by atoms with Crippen molar-refractivity contribution in [1.82, 2.24) is 10.6 Å². The Morgan fingerprint density at radius 1 is 0.848 bits per heavy atom. The van der Waals surface area contributed by atoms with Gasteiger partial charge in [-0.3, -0.25) is 9.59 Å². The van der Waals surface area contributed by atoms with Gasteiger partial charge in [0.15, 0.2) is 11.6 Å². The maximum absolute atomic E-state index is 12.1. The zero-order chi connectivity index (χ0) is 24.2. The zero-order valence-corrected chi connectivity index (χ0v) is 20.1. The van der Waals surface area contributed by atoms with Gasteiger partial charge in [-0.1, -0.05) is 19.8 Å². The van der Waals surface area contributed by atoms with Crippen LogP contribution in [-0.4, -0.2) is 85.3 Å². The summed E-state index contributed by atoms with van der Waals surface area (Å²) in [5.41, 5.74) is 0. The molecule has 4 N–H and O–H groups in total. The average molecular weight is 475 g/mol. The Morgan fingerprint density at radius 2 is 1.39 bits per heavy atom. The minimum atomic E-state index is -0.800. The summed E-state index contributed by atoms with van der Waals surface area (Å²) in [5, 5.41) is 24.1. The lowest BCUT2D eigenvalue weighted by Gasteiger charge is -2.26. The summed E-state index contributed by atoms with van der Waals surface area (Å²) in [4.78, 5) is 24.1. The summed E-state index contributed by atoms with van der Waals surface area (Å²) < 4.78 is 22.6. The Bertz CT molecular complexity index is 607. The van der Waals surface area contributed by atoms with Gasteiger partial charge in [0.05, 0.1) is 26.4 Å². The first kappa shape index (κ1) is 27.9. The molecule has 2 rings (SSSR count). The summed E-state index contributed by atoms with van der Waals surface area (Å²) in [5.74, 6) is -1.62. The van der Waals surface area contributed by atoms with Crippen LogP contribution >= 0.6 is 0 Å². The highest BCUT2D eigenvalue weighted by molar-refractivity contribution is 5.76. The third-order valence-corrected chi connectivity index (χ3v) is 6.14. The van der Waals surface area contributed by atoms with Gasteiger partial charge in [0.2, 0.25) is 11.8 Å².